The molecule has 0 aliphatic heterocycles. The van der Waals surface area contributed by atoms with Gasteiger partial charge in [0.05, 0.1) is 5.00 Å². The van der Waals surface area contributed by atoms with Crippen LogP contribution in [0, 0.1) is 0 Å². The normalized spacial score (nSPS) is 11.8. The Balaban J connectivity index is 2.51. The fourth-order valence-corrected chi connectivity index (χ4v) is 2.07. The van der Waals surface area contributed by atoms with Crippen molar-refractivity contribution in [2.24, 2.45) is 0 Å². The number of carbonyl (C=O) groups excluding carboxylic acids is 1. The number of anilines is 1. The largest absolute Gasteiger partial charge is 0.444 e. The van der Waals surface area contributed by atoms with Crippen molar-refractivity contribution in [1.29, 1.82) is 0 Å². The summed E-state index contributed by atoms with van der Waals surface area (Å²) in [7, 11) is 0. The summed E-state index contributed by atoms with van der Waals surface area (Å²) >= 11 is 7.05. The second-order valence-corrected chi connectivity index (χ2v) is 6.04. The van der Waals surface area contributed by atoms with Crippen molar-refractivity contribution >= 4 is 40.1 Å². The minimum absolute atomic E-state index is 0.430. The Morgan fingerprint density at radius 2 is 2.28 bits per heavy atom. The van der Waals surface area contributed by atoms with E-state index in [9.17, 15) is 4.79 Å². The van der Waals surface area contributed by atoms with Crippen LogP contribution in [0.1, 0.15) is 32.8 Å². The maximum atomic E-state index is 11.5. The van der Waals surface area contributed by atoms with Gasteiger partial charge in [-0.3, -0.25) is 5.32 Å². The predicted octanol–water partition coefficient (Wildman–Crippen LogP) is 4.74. The fraction of sp³-hybridized carbons (Fsp3) is 0.462. The van der Waals surface area contributed by atoms with Crippen LogP contribution >= 0.6 is 22.9 Å². The predicted molar refractivity (Wildman–Crippen MR) is 78.5 cm³/mol. The Labute approximate surface area is 117 Å². The zero-order chi connectivity index (χ0) is 13.6. The number of amides is 1. The third-order valence-corrected chi connectivity index (χ3v) is 2.91. The van der Waals surface area contributed by atoms with E-state index in [1.165, 1.54) is 11.3 Å². The maximum Gasteiger partial charge on any atom is 0.412 e. The number of hydrogen-bond donors (Lipinski definition) is 1. The minimum Gasteiger partial charge on any atom is -0.444 e. The summed E-state index contributed by atoms with van der Waals surface area (Å²) in [6, 6.07) is 1.90. The highest BCUT2D eigenvalue weighted by Crippen LogP contribution is 2.22. The van der Waals surface area contributed by atoms with Gasteiger partial charge < -0.3 is 4.74 Å². The third kappa shape index (κ3) is 6.07. The first-order valence-corrected chi connectivity index (χ1v) is 7.13. The molecular weight excluding hydrogens is 270 g/mol. The third-order valence-electron chi connectivity index (χ3n) is 1.83. The van der Waals surface area contributed by atoms with E-state index in [0.29, 0.717) is 5.88 Å². The molecule has 0 fully saturated rings. The van der Waals surface area contributed by atoms with E-state index in [1.54, 1.807) is 0 Å². The average Bonchev–Trinajstić information content (AvgIpc) is 2.63. The molecule has 0 spiro atoms. The van der Waals surface area contributed by atoms with Crippen LogP contribution in [0.5, 0.6) is 0 Å². The highest BCUT2D eigenvalue weighted by atomic mass is 35.5. The number of hydrogen-bond acceptors (Lipinski definition) is 3. The van der Waals surface area contributed by atoms with Crippen molar-refractivity contribution in [2.75, 3.05) is 11.2 Å². The topological polar surface area (TPSA) is 38.3 Å². The summed E-state index contributed by atoms with van der Waals surface area (Å²) in [5.41, 5.74) is 0.570. The highest BCUT2D eigenvalue weighted by molar-refractivity contribution is 7.14. The van der Waals surface area contributed by atoms with E-state index in [-0.39, 0.29) is 0 Å². The zero-order valence-corrected chi connectivity index (χ0v) is 12.4. The molecule has 18 heavy (non-hydrogen) atoms. The van der Waals surface area contributed by atoms with Gasteiger partial charge in [-0.05, 0) is 38.8 Å². The van der Waals surface area contributed by atoms with Crippen LogP contribution in [-0.2, 0) is 4.74 Å². The average molecular weight is 288 g/mol. The number of alkyl halides is 1. The van der Waals surface area contributed by atoms with E-state index in [0.717, 1.165) is 17.0 Å². The number of halogens is 1. The van der Waals surface area contributed by atoms with Gasteiger partial charge in [0.1, 0.15) is 5.60 Å². The van der Waals surface area contributed by atoms with Crippen LogP contribution in [0.2, 0.25) is 0 Å². The molecule has 0 radical (unpaired) electrons. The second-order valence-electron chi connectivity index (χ2n) is 4.75. The highest BCUT2D eigenvalue weighted by Gasteiger charge is 2.16. The number of ether oxygens (including phenoxy) is 1. The smallest absolute Gasteiger partial charge is 0.412 e. The molecule has 0 atom stereocenters. The molecule has 3 nitrogen and oxygen atoms in total. The lowest BCUT2D eigenvalue weighted by Gasteiger charge is -2.19. The molecule has 1 rings (SSSR count). The molecule has 0 aromatic carbocycles. The van der Waals surface area contributed by atoms with Crippen molar-refractivity contribution in [1.82, 2.24) is 0 Å². The van der Waals surface area contributed by atoms with Gasteiger partial charge in [0.15, 0.2) is 0 Å². The van der Waals surface area contributed by atoms with E-state index < -0.39 is 11.7 Å². The van der Waals surface area contributed by atoms with E-state index >= 15 is 0 Å². The summed E-state index contributed by atoms with van der Waals surface area (Å²) in [5, 5.41) is 5.45. The van der Waals surface area contributed by atoms with Gasteiger partial charge in [-0.2, -0.15) is 0 Å². The van der Waals surface area contributed by atoms with Crippen LogP contribution in [0.15, 0.2) is 17.5 Å². The maximum absolute atomic E-state index is 11.5. The lowest BCUT2D eigenvalue weighted by molar-refractivity contribution is 0.0636. The lowest BCUT2D eigenvalue weighted by Crippen LogP contribution is -2.26. The Morgan fingerprint density at radius 3 is 2.89 bits per heavy atom. The van der Waals surface area contributed by atoms with Crippen molar-refractivity contribution < 1.29 is 9.53 Å². The Bertz CT molecular complexity index is 421. The molecular formula is C13H18ClNO2S. The van der Waals surface area contributed by atoms with Crippen molar-refractivity contribution in [3.63, 3.8) is 0 Å². The molecule has 1 amide bonds. The quantitative estimate of drug-likeness (QED) is 0.813. The van der Waals surface area contributed by atoms with Crippen LogP contribution in [0.3, 0.4) is 0 Å². The van der Waals surface area contributed by atoms with Gasteiger partial charge in [-0.1, -0.05) is 12.2 Å². The number of carbonyl (C=O) groups is 1. The molecule has 0 bridgehead atoms. The van der Waals surface area contributed by atoms with E-state index in [2.05, 4.69) is 5.32 Å². The summed E-state index contributed by atoms with van der Waals surface area (Å²) in [6.07, 6.45) is 4.40. The van der Waals surface area contributed by atoms with Crippen molar-refractivity contribution in [3.05, 3.63) is 23.1 Å². The summed E-state index contributed by atoms with van der Waals surface area (Å²) in [4.78, 5) is 11.5. The summed E-state index contributed by atoms with van der Waals surface area (Å²) in [6.45, 7) is 5.50. The molecule has 100 valence electrons. The molecule has 0 unspecified atom stereocenters. The van der Waals surface area contributed by atoms with Gasteiger partial charge in [-0.25, -0.2) is 4.79 Å². The van der Waals surface area contributed by atoms with Crippen LogP contribution in [0.25, 0.3) is 6.08 Å². The molecule has 1 N–H and O–H groups in total. The van der Waals surface area contributed by atoms with Gasteiger partial charge in [0, 0.05) is 11.3 Å². The Kier molecular flexibility index (Phi) is 5.69. The Hall–Kier alpha value is -1.000. The molecule has 0 aliphatic rings. The van der Waals surface area contributed by atoms with Crippen molar-refractivity contribution in [2.45, 2.75) is 32.8 Å². The van der Waals surface area contributed by atoms with Crippen molar-refractivity contribution in [3.8, 4) is 0 Å². The summed E-state index contributed by atoms with van der Waals surface area (Å²) < 4.78 is 5.17. The SMILES string of the molecule is CC(C)(C)OC(=O)Nc1cc(C=CCCCl)cs1. The van der Waals surface area contributed by atoms with Gasteiger partial charge in [-0.15, -0.1) is 22.9 Å². The molecule has 0 saturated heterocycles. The van der Waals surface area contributed by atoms with Gasteiger partial charge in [0.2, 0.25) is 0 Å². The molecule has 1 aromatic heterocycles. The minimum atomic E-state index is -0.482. The molecule has 1 aromatic rings. The molecule has 5 heteroatoms. The van der Waals surface area contributed by atoms with Crippen LogP contribution < -0.4 is 5.32 Å². The molecule has 0 saturated carbocycles. The fourth-order valence-electron chi connectivity index (χ4n) is 1.19. The first-order chi connectivity index (χ1) is 8.40. The number of nitrogens with one attached hydrogen (secondary N) is 1. The lowest BCUT2D eigenvalue weighted by atomic mass is 10.2. The zero-order valence-electron chi connectivity index (χ0n) is 10.8. The molecule has 1 heterocycles. The molecule has 0 aliphatic carbocycles. The number of rotatable bonds is 4. The van der Waals surface area contributed by atoms with E-state index in [4.69, 9.17) is 16.3 Å². The van der Waals surface area contributed by atoms with Crippen LogP contribution in [-0.4, -0.2) is 17.6 Å². The number of allylic oxidation sites excluding steroid dienone is 1. The standard InChI is InChI=1S/C13H18ClNO2S/c1-13(2,3)17-12(16)15-11-8-10(9-18-11)6-4-5-7-14/h4,6,8-9H,5,7H2,1-3H3,(H,15,16). The van der Waals surface area contributed by atoms with Gasteiger partial charge >= 0.3 is 6.09 Å². The second kappa shape index (κ2) is 6.81. The first-order valence-electron chi connectivity index (χ1n) is 5.72. The Morgan fingerprint density at radius 1 is 1.56 bits per heavy atom. The monoisotopic (exact) mass is 287 g/mol. The van der Waals surface area contributed by atoms with Crippen LogP contribution in [0.4, 0.5) is 9.80 Å². The summed E-state index contributed by atoms with van der Waals surface area (Å²) in [5.74, 6) is 0.615. The first kappa shape index (κ1) is 15.1. The van der Waals surface area contributed by atoms with Gasteiger partial charge in [0.25, 0.3) is 0 Å². The number of thiophene rings is 1. The van der Waals surface area contributed by atoms with E-state index in [1.807, 2.05) is 44.4 Å².